The average molecular weight is 209 g/mol. The van der Waals surface area contributed by atoms with Crippen LogP contribution in [0, 0.1) is 11.8 Å². The van der Waals surface area contributed by atoms with E-state index in [1.54, 1.807) is 0 Å². The Morgan fingerprint density at radius 1 is 1.00 bits per heavy atom. The van der Waals surface area contributed by atoms with Crippen molar-refractivity contribution in [1.82, 2.24) is 0 Å². The first kappa shape index (κ1) is 11.4. The van der Waals surface area contributed by atoms with Gasteiger partial charge in [0.25, 0.3) is 0 Å². The van der Waals surface area contributed by atoms with Crippen LogP contribution in [0.15, 0.2) is 0 Å². The Hall–Kier alpha value is -0.0400. The Bertz CT molecular complexity index is 196. The summed E-state index contributed by atoms with van der Waals surface area (Å²) in [4.78, 5) is 0. The molecule has 2 unspecified atom stereocenters. The lowest BCUT2D eigenvalue weighted by Gasteiger charge is -2.46. The van der Waals surface area contributed by atoms with Crippen LogP contribution in [0.1, 0.15) is 71.1 Å². The molecule has 0 spiro atoms. The molecule has 0 aromatic carbocycles. The summed E-state index contributed by atoms with van der Waals surface area (Å²) in [6.45, 7) is 2.29. The highest BCUT2D eigenvalue weighted by atomic mass is 14.8. The monoisotopic (exact) mass is 209 g/mol. The van der Waals surface area contributed by atoms with E-state index in [9.17, 15) is 0 Å². The standard InChI is InChI=1S/C14H27N/c1-2-14(15)11-7-6-10-13(14)12-8-4-3-5-9-12/h12-13H,2-11,15H2,1H3. The molecule has 0 aliphatic heterocycles. The molecule has 0 aromatic rings. The quantitative estimate of drug-likeness (QED) is 0.734. The van der Waals surface area contributed by atoms with Crippen molar-refractivity contribution in [2.24, 2.45) is 17.6 Å². The minimum atomic E-state index is 0.195. The number of rotatable bonds is 2. The molecule has 1 heteroatoms. The van der Waals surface area contributed by atoms with Crippen LogP contribution in [-0.2, 0) is 0 Å². The lowest BCUT2D eigenvalue weighted by Crippen LogP contribution is -2.51. The molecule has 2 aliphatic carbocycles. The third-order valence-corrected chi connectivity index (χ3v) is 5.02. The highest BCUT2D eigenvalue weighted by molar-refractivity contribution is 4.96. The molecule has 0 saturated heterocycles. The summed E-state index contributed by atoms with van der Waals surface area (Å²) in [5.41, 5.74) is 6.83. The highest BCUT2D eigenvalue weighted by Crippen LogP contribution is 2.43. The van der Waals surface area contributed by atoms with Crippen LogP contribution in [0.5, 0.6) is 0 Å². The summed E-state index contributed by atoms with van der Waals surface area (Å²) >= 11 is 0. The van der Waals surface area contributed by atoms with Crippen LogP contribution in [-0.4, -0.2) is 5.54 Å². The van der Waals surface area contributed by atoms with Gasteiger partial charge in [-0.05, 0) is 31.1 Å². The van der Waals surface area contributed by atoms with E-state index in [1.807, 2.05) is 0 Å². The molecular weight excluding hydrogens is 182 g/mol. The third-order valence-electron chi connectivity index (χ3n) is 5.02. The van der Waals surface area contributed by atoms with Crippen molar-refractivity contribution < 1.29 is 0 Å². The maximum absolute atomic E-state index is 6.63. The fourth-order valence-electron chi connectivity index (χ4n) is 3.97. The third kappa shape index (κ3) is 2.38. The lowest BCUT2D eigenvalue weighted by molar-refractivity contribution is 0.0966. The molecule has 0 amide bonds. The van der Waals surface area contributed by atoms with Gasteiger partial charge in [0.05, 0.1) is 0 Å². The van der Waals surface area contributed by atoms with E-state index < -0.39 is 0 Å². The second-order valence-corrected chi connectivity index (χ2v) is 5.84. The summed E-state index contributed by atoms with van der Waals surface area (Å²) < 4.78 is 0. The zero-order valence-electron chi connectivity index (χ0n) is 10.3. The van der Waals surface area contributed by atoms with Gasteiger partial charge >= 0.3 is 0 Å². The minimum absolute atomic E-state index is 0.195. The normalized spacial score (nSPS) is 39.2. The van der Waals surface area contributed by atoms with Crippen LogP contribution in [0.25, 0.3) is 0 Å². The van der Waals surface area contributed by atoms with Crippen molar-refractivity contribution in [3.8, 4) is 0 Å². The largest absolute Gasteiger partial charge is 0.325 e. The fraction of sp³-hybridized carbons (Fsp3) is 1.00. The van der Waals surface area contributed by atoms with E-state index in [-0.39, 0.29) is 5.54 Å². The number of nitrogens with two attached hydrogens (primary N) is 1. The molecule has 2 atom stereocenters. The fourth-order valence-corrected chi connectivity index (χ4v) is 3.97. The van der Waals surface area contributed by atoms with Gasteiger partial charge < -0.3 is 5.73 Å². The molecule has 1 nitrogen and oxygen atoms in total. The summed E-state index contributed by atoms with van der Waals surface area (Å²) in [7, 11) is 0. The van der Waals surface area contributed by atoms with Gasteiger partial charge in [-0.15, -0.1) is 0 Å². The van der Waals surface area contributed by atoms with Gasteiger partial charge in [0.1, 0.15) is 0 Å². The summed E-state index contributed by atoms with van der Waals surface area (Å²) in [6, 6.07) is 0. The molecule has 2 saturated carbocycles. The molecule has 0 heterocycles. The highest BCUT2D eigenvalue weighted by Gasteiger charge is 2.40. The van der Waals surface area contributed by atoms with Crippen molar-refractivity contribution in [2.45, 2.75) is 76.7 Å². The minimum Gasteiger partial charge on any atom is -0.325 e. The molecule has 2 aliphatic rings. The Morgan fingerprint density at radius 3 is 2.33 bits per heavy atom. The summed E-state index contributed by atoms with van der Waals surface area (Å²) in [6.07, 6.45) is 14.0. The van der Waals surface area contributed by atoms with Gasteiger partial charge in [-0.25, -0.2) is 0 Å². The first-order valence-electron chi connectivity index (χ1n) is 7.05. The summed E-state index contributed by atoms with van der Waals surface area (Å²) in [5, 5.41) is 0. The number of hydrogen-bond acceptors (Lipinski definition) is 1. The van der Waals surface area contributed by atoms with Crippen molar-refractivity contribution >= 4 is 0 Å². The molecule has 15 heavy (non-hydrogen) atoms. The van der Waals surface area contributed by atoms with E-state index >= 15 is 0 Å². The average Bonchev–Trinajstić information content (AvgIpc) is 2.31. The molecule has 88 valence electrons. The Labute approximate surface area is 94.8 Å². The Kier molecular flexibility index (Phi) is 3.71. The first-order valence-corrected chi connectivity index (χ1v) is 7.05. The molecule has 0 aromatic heterocycles. The van der Waals surface area contributed by atoms with Crippen molar-refractivity contribution in [1.29, 1.82) is 0 Å². The molecular formula is C14H27N. The van der Waals surface area contributed by atoms with Crippen molar-refractivity contribution in [2.75, 3.05) is 0 Å². The van der Waals surface area contributed by atoms with Crippen molar-refractivity contribution in [3.05, 3.63) is 0 Å². The molecule has 0 radical (unpaired) electrons. The van der Waals surface area contributed by atoms with Crippen LogP contribution in [0.3, 0.4) is 0 Å². The van der Waals surface area contributed by atoms with Gasteiger partial charge in [-0.3, -0.25) is 0 Å². The molecule has 2 fully saturated rings. The Morgan fingerprint density at radius 2 is 1.67 bits per heavy atom. The van der Waals surface area contributed by atoms with Crippen molar-refractivity contribution in [3.63, 3.8) is 0 Å². The van der Waals surface area contributed by atoms with Crippen LogP contribution < -0.4 is 5.73 Å². The zero-order valence-corrected chi connectivity index (χ0v) is 10.3. The van der Waals surface area contributed by atoms with E-state index in [1.165, 1.54) is 64.2 Å². The van der Waals surface area contributed by atoms with E-state index in [4.69, 9.17) is 5.73 Å². The number of hydrogen-bond donors (Lipinski definition) is 1. The summed E-state index contributed by atoms with van der Waals surface area (Å²) in [5.74, 6) is 1.81. The topological polar surface area (TPSA) is 26.0 Å². The predicted molar refractivity (Wildman–Crippen MR) is 65.7 cm³/mol. The maximum Gasteiger partial charge on any atom is 0.0182 e. The van der Waals surface area contributed by atoms with Crippen LogP contribution >= 0.6 is 0 Å². The van der Waals surface area contributed by atoms with E-state index in [0.29, 0.717) is 0 Å². The van der Waals surface area contributed by atoms with E-state index in [2.05, 4.69) is 6.92 Å². The van der Waals surface area contributed by atoms with Gasteiger partial charge in [0, 0.05) is 5.54 Å². The van der Waals surface area contributed by atoms with Gasteiger partial charge in [-0.2, -0.15) is 0 Å². The van der Waals surface area contributed by atoms with Crippen LogP contribution in [0.2, 0.25) is 0 Å². The second-order valence-electron chi connectivity index (χ2n) is 5.84. The van der Waals surface area contributed by atoms with Gasteiger partial charge in [-0.1, -0.05) is 51.9 Å². The zero-order chi connectivity index (χ0) is 10.7. The molecule has 2 N–H and O–H groups in total. The maximum atomic E-state index is 6.63. The lowest BCUT2D eigenvalue weighted by atomic mass is 9.63. The Balaban J connectivity index is 2.03. The first-order chi connectivity index (χ1) is 7.26. The van der Waals surface area contributed by atoms with E-state index in [0.717, 1.165) is 11.8 Å². The SMILES string of the molecule is CCC1(N)CCCCC1C1CCCCC1. The molecule has 2 rings (SSSR count). The predicted octanol–water partition coefficient (Wildman–Crippen LogP) is 3.86. The van der Waals surface area contributed by atoms with Gasteiger partial charge in [0.15, 0.2) is 0 Å². The smallest absolute Gasteiger partial charge is 0.0182 e. The van der Waals surface area contributed by atoms with Crippen LogP contribution in [0.4, 0.5) is 0 Å². The van der Waals surface area contributed by atoms with Gasteiger partial charge in [0.2, 0.25) is 0 Å². The molecule has 0 bridgehead atoms. The second kappa shape index (κ2) is 4.86.